The van der Waals surface area contributed by atoms with Crippen molar-refractivity contribution in [3.05, 3.63) is 35.2 Å². The number of aryl methyl sites for hydroxylation is 1. The van der Waals surface area contributed by atoms with E-state index in [1.165, 1.54) is 16.8 Å². The second kappa shape index (κ2) is 7.97. The predicted molar refractivity (Wildman–Crippen MR) is 110 cm³/mol. The lowest BCUT2D eigenvalue weighted by molar-refractivity contribution is 0.158. The van der Waals surface area contributed by atoms with Crippen molar-refractivity contribution in [1.82, 2.24) is 25.1 Å². The molecule has 1 aromatic heterocycles. The van der Waals surface area contributed by atoms with Gasteiger partial charge in [-0.15, -0.1) is 5.10 Å². The van der Waals surface area contributed by atoms with Crippen molar-refractivity contribution in [2.24, 2.45) is 0 Å². The van der Waals surface area contributed by atoms with Crippen LogP contribution in [-0.2, 0) is 5.54 Å². The summed E-state index contributed by atoms with van der Waals surface area (Å²) in [5, 5.41) is 12.8. The van der Waals surface area contributed by atoms with E-state index in [2.05, 4.69) is 85.1 Å². The molecular formula is C21H34N6. The summed E-state index contributed by atoms with van der Waals surface area (Å²) in [6, 6.07) is 6.88. The highest BCUT2D eigenvalue weighted by molar-refractivity contribution is 5.56. The highest BCUT2D eigenvalue weighted by atomic mass is 15.6. The van der Waals surface area contributed by atoms with Gasteiger partial charge in [0.25, 0.3) is 0 Å². The van der Waals surface area contributed by atoms with Crippen LogP contribution in [0.15, 0.2) is 18.2 Å². The molecule has 0 amide bonds. The van der Waals surface area contributed by atoms with E-state index in [4.69, 9.17) is 0 Å². The van der Waals surface area contributed by atoms with Crippen molar-refractivity contribution in [1.29, 1.82) is 0 Å². The Bertz CT molecular complexity index is 758. The fourth-order valence-corrected chi connectivity index (χ4v) is 3.94. The molecule has 2 aromatic rings. The third-order valence-corrected chi connectivity index (χ3v) is 6.29. The smallest absolute Gasteiger partial charge is 0.168 e. The summed E-state index contributed by atoms with van der Waals surface area (Å²) in [5.41, 5.74) is 4.07. The molecule has 0 unspecified atom stereocenters. The van der Waals surface area contributed by atoms with Crippen LogP contribution >= 0.6 is 0 Å². The maximum Gasteiger partial charge on any atom is 0.168 e. The second-order valence-electron chi connectivity index (χ2n) is 8.28. The van der Waals surface area contributed by atoms with E-state index >= 15 is 0 Å². The van der Waals surface area contributed by atoms with Crippen molar-refractivity contribution in [3.63, 3.8) is 0 Å². The third-order valence-electron chi connectivity index (χ3n) is 6.29. The average Bonchev–Trinajstić information content (AvgIpc) is 3.16. The maximum atomic E-state index is 4.43. The Hall–Kier alpha value is -1.95. The van der Waals surface area contributed by atoms with Gasteiger partial charge in [-0.2, -0.15) is 0 Å². The van der Waals surface area contributed by atoms with Gasteiger partial charge in [-0.1, -0.05) is 26.0 Å². The van der Waals surface area contributed by atoms with E-state index in [0.717, 1.165) is 44.8 Å². The summed E-state index contributed by atoms with van der Waals surface area (Å²) in [4.78, 5) is 5.07. The second-order valence-corrected chi connectivity index (χ2v) is 8.28. The quantitative estimate of drug-likeness (QED) is 0.776. The molecule has 1 aliphatic heterocycles. The fraction of sp³-hybridized carbons (Fsp3) is 0.667. The molecule has 0 spiro atoms. The number of piperazine rings is 1. The SMILES string of the molecule is CC[C@H](c1nnnn1C(C)(C)CC)N1CCN(c2cccc(C)c2C)CC1. The van der Waals surface area contributed by atoms with Crippen LogP contribution in [0.4, 0.5) is 5.69 Å². The van der Waals surface area contributed by atoms with E-state index < -0.39 is 0 Å². The van der Waals surface area contributed by atoms with Crippen LogP contribution in [0.25, 0.3) is 0 Å². The molecule has 1 fully saturated rings. The topological polar surface area (TPSA) is 50.1 Å². The van der Waals surface area contributed by atoms with Crippen LogP contribution < -0.4 is 4.90 Å². The highest BCUT2D eigenvalue weighted by Crippen LogP contribution is 2.30. The van der Waals surface area contributed by atoms with E-state index in [-0.39, 0.29) is 11.6 Å². The summed E-state index contributed by atoms with van der Waals surface area (Å²) in [5.74, 6) is 1.00. The summed E-state index contributed by atoms with van der Waals surface area (Å²) in [7, 11) is 0. The van der Waals surface area contributed by atoms with Gasteiger partial charge in [-0.3, -0.25) is 4.90 Å². The van der Waals surface area contributed by atoms with Crippen molar-refractivity contribution < 1.29 is 0 Å². The molecular weight excluding hydrogens is 336 g/mol. The molecule has 1 atom stereocenters. The Morgan fingerprint density at radius 2 is 1.78 bits per heavy atom. The summed E-state index contributed by atoms with van der Waals surface area (Å²) in [6.45, 7) is 17.4. The molecule has 6 nitrogen and oxygen atoms in total. The Labute approximate surface area is 163 Å². The molecule has 0 N–H and O–H groups in total. The van der Waals surface area contributed by atoms with Gasteiger partial charge in [0.2, 0.25) is 0 Å². The van der Waals surface area contributed by atoms with Crippen LogP contribution in [0.1, 0.15) is 63.5 Å². The molecule has 0 radical (unpaired) electrons. The minimum atomic E-state index is -0.0627. The molecule has 0 aliphatic carbocycles. The molecule has 1 aliphatic rings. The van der Waals surface area contributed by atoms with Gasteiger partial charge in [-0.25, -0.2) is 4.68 Å². The van der Waals surface area contributed by atoms with Gasteiger partial charge in [0.1, 0.15) is 0 Å². The molecule has 6 heteroatoms. The Morgan fingerprint density at radius 3 is 2.41 bits per heavy atom. The zero-order valence-corrected chi connectivity index (χ0v) is 17.7. The number of hydrogen-bond acceptors (Lipinski definition) is 5. The zero-order valence-electron chi connectivity index (χ0n) is 17.7. The molecule has 1 aromatic carbocycles. The number of anilines is 1. The van der Waals surface area contributed by atoms with Crippen LogP contribution in [0.2, 0.25) is 0 Å². The maximum absolute atomic E-state index is 4.43. The van der Waals surface area contributed by atoms with Crippen molar-refractivity contribution in [2.75, 3.05) is 31.1 Å². The van der Waals surface area contributed by atoms with Crippen molar-refractivity contribution in [2.45, 2.75) is 66.0 Å². The van der Waals surface area contributed by atoms with Crippen LogP contribution in [0.5, 0.6) is 0 Å². The standard InChI is InChI=1S/C21H34N6/c1-7-18(20-22-23-24-27(20)21(5,6)8-2)25-12-14-26(15-13-25)19-11-9-10-16(3)17(19)4/h9-11,18H,7-8,12-15H2,1-6H3/t18-/m1/s1. The minimum Gasteiger partial charge on any atom is -0.369 e. The molecule has 0 bridgehead atoms. The minimum absolute atomic E-state index is 0.0627. The van der Waals surface area contributed by atoms with E-state index in [1.807, 2.05) is 4.68 Å². The van der Waals surface area contributed by atoms with Gasteiger partial charge in [0.15, 0.2) is 5.82 Å². The molecule has 3 rings (SSSR count). The highest BCUT2D eigenvalue weighted by Gasteiger charge is 2.32. The van der Waals surface area contributed by atoms with Gasteiger partial charge >= 0.3 is 0 Å². The van der Waals surface area contributed by atoms with E-state index in [1.54, 1.807) is 0 Å². The van der Waals surface area contributed by atoms with Crippen LogP contribution in [-0.4, -0.2) is 51.3 Å². The van der Waals surface area contributed by atoms with E-state index in [0.29, 0.717) is 0 Å². The molecule has 1 saturated heterocycles. The lowest BCUT2D eigenvalue weighted by Crippen LogP contribution is -2.48. The lowest BCUT2D eigenvalue weighted by atomic mass is 10.0. The van der Waals surface area contributed by atoms with Gasteiger partial charge in [-0.05, 0) is 68.2 Å². The average molecular weight is 371 g/mol. The lowest BCUT2D eigenvalue weighted by Gasteiger charge is -2.40. The van der Waals surface area contributed by atoms with Crippen molar-refractivity contribution >= 4 is 5.69 Å². The predicted octanol–water partition coefficient (Wildman–Crippen LogP) is 3.71. The van der Waals surface area contributed by atoms with E-state index in [9.17, 15) is 0 Å². The molecule has 2 heterocycles. The third kappa shape index (κ3) is 3.86. The number of hydrogen-bond donors (Lipinski definition) is 0. The van der Waals surface area contributed by atoms with Crippen molar-refractivity contribution in [3.8, 4) is 0 Å². The first-order chi connectivity index (χ1) is 12.9. The number of aromatic nitrogens is 4. The number of tetrazole rings is 1. The molecule has 148 valence electrons. The molecule has 0 saturated carbocycles. The first-order valence-corrected chi connectivity index (χ1v) is 10.2. The summed E-state index contributed by atoms with van der Waals surface area (Å²) < 4.78 is 2.04. The number of nitrogens with zero attached hydrogens (tertiary/aromatic N) is 6. The van der Waals surface area contributed by atoms with Gasteiger partial charge in [0.05, 0.1) is 11.6 Å². The largest absolute Gasteiger partial charge is 0.369 e. The van der Waals surface area contributed by atoms with Gasteiger partial charge in [0, 0.05) is 31.9 Å². The molecule has 27 heavy (non-hydrogen) atoms. The number of rotatable bonds is 6. The zero-order chi connectivity index (χ0) is 19.6. The monoisotopic (exact) mass is 370 g/mol. The van der Waals surface area contributed by atoms with Gasteiger partial charge < -0.3 is 4.90 Å². The first kappa shape index (κ1) is 19.8. The summed E-state index contributed by atoms with van der Waals surface area (Å²) >= 11 is 0. The number of benzene rings is 1. The first-order valence-electron chi connectivity index (χ1n) is 10.2. The van der Waals surface area contributed by atoms with Crippen LogP contribution in [0.3, 0.4) is 0 Å². The Balaban J connectivity index is 1.75. The Kier molecular flexibility index (Phi) is 5.84. The Morgan fingerprint density at radius 1 is 1.07 bits per heavy atom. The van der Waals surface area contributed by atoms with Crippen LogP contribution in [0, 0.1) is 13.8 Å². The fourth-order valence-electron chi connectivity index (χ4n) is 3.94. The summed E-state index contributed by atoms with van der Waals surface area (Å²) in [6.07, 6.45) is 2.02. The normalized spacial score (nSPS) is 17.3.